The maximum absolute atomic E-state index is 13.5. The zero-order chi connectivity index (χ0) is 15.8. The Morgan fingerprint density at radius 2 is 2.00 bits per heavy atom. The minimum Gasteiger partial charge on any atom is -0.386 e. The Hall–Kier alpha value is -1.14. The van der Waals surface area contributed by atoms with E-state index >= 15 is 0 Å². The highest BCUT2D eigenvalue weighted by molar-refractivity contribution is 8.00. The van der Waals surface area contributed by atoms with Crippen LogP contribution in [0, 0.1) is 11.6 Å². The van der Waals surface area contributed by atoms with E-state index in [1.54, 1.807) is 6.92 Å². The molecule has 0 saturated carbocycles. The highest BCUT2D eigenvalue weighted by atomic mass is 32.2. The lowest BCUT2D eigenvalue weighted by molar-refractivity contribution is -0.120. The molecule has 2 N–H and O–H groups in total. The molecular weight excluding hydrogens is 296 g/mol. The average molecular weight is 317 g/mol. The summed E-state index contributed by atoms with van der Waals surface area (Å²) >= 11 is 1.52. The van der Waals surface area contributed by atoms with Crippen molar-refractivity contribution in [1.29, 1.82) is 0 Å². The largest absolute Gasteiger partial charge is 0.386 e. The molecule has 118 valence electrons. The second kappa shape index (κ2) is 9.00. The Morgan fingerprint density at radius 1 is 1.38 bits per heavy atom. The summed E-state index contributed by atoms with van der Waals surface area (Å²) in [5, 5.41) is 12.1. The van der Waals surface area contributed by atoms with E-state index in [9.17, 15) is 18.7 Å². The zero-order valence-corrected chi connectivity index (χ0v) is 13.1. The summed E-state index contributed by atoms with van der Waals surface area (Å²) in [5.41, 5.74) is -0.413. The van der Waals surface area contributed by atoms with Crippen LogP contribution in [0.2, 0.25) is 0 Å². The minimum atomic E-state index is -1.40. The van der Waals surface area contributed by atoms with E-state index in [1.165, 1.54) is 17.8 Å². The first-order valence-electron chi connectivity index (χ1n) is 6.98. The topological polar surface area (TPSA) is 49.3 Å². The van der Waals surface area contributed by atoms with E-state index < -0.39 is 23.3 Å². The number of thioether (sulfide) groups is 1. The van der Waals surface area contributed by atoms with Gasteiger partial charge < -0.3 is 10.4 Å². The molecule has 0 aliphatic heterocycles. The first-order valence-corrected chi connectivity index (χ1v) is 8.03. The molecule has 1 amide bonds. The molecule has 21 heavy (non-hydrogen) atoms. The Bertz CT molecular complexity index is 451. The fraction of sp³-hybridized carbons (Fsp3) is 0.533. The predicted molar refractivity (Wildman–Crippen MR) is 81.2 cm³/mol. The maximum Gasteiger partial charge on any atom is 0.232 e. The summed E-state index contributed by atoms with van der Waals surface area (Å²) in [5.74, 6) is -0.994. The Morgan fingerprint density at radius 3 is 2.57 bits per heavy atom. The molecule has 0 aliphatic rings. The number of nitrogens with one attached hydrogen (secondary N) is 1. The monoisotopic (exact) mass is 317 g/mol. The third kappa shape index (κ3) is 5.63. The number of rotatable bonds is 8. The third-order valence-electron chi connectivity index (χ3n) is 3.04. The summed E-state index contributed by atoms with van der Waals surface area (Å²) in [6, 6.07) is 3.38. The van der Waals surface area contributed by atoms with E-state index in [0.717, 1.165) is 30.7 Å². The molecule has 0 saturated heterocycles. The lowest BCUT2D eigenvalue weighted by Gasteiger charge is -2.16. The van der Waals surface area contributed by atoms with Crippen molar-refractivity contribution < 1.29 is 18.7 Å². The lowest BCUT2D eigenvalue weighted by Crippen LogP contribution is -2.34. The van der Waals surface area contributed by atoms with Gasteiger partial charge in [0.2, 0.25) is 5.91 Å². The number of halogens is 2. The zero-order valence-electron chi connectivity index (χ0n) is 12.2. The number of hydrogen-bond donors (Lipinski definition) is 2. The second-order valence-corrected chi connectivity index (χ2v) is 6.21. The molecule has 0 radical (unpaired) electrons. The van der Waals surface area contributed by atoms with Gasteiger partial charge in [0.05, 0.1) is 10.8 Å². The van der Waals surface area contributed by atoms with Gasteiger partial charge in [-0.25, -0.2) is 8.78 Å². The summed E-state index contributed by atoms with van der Waals surface area (Å²) in [6.45, 7) is 3.63. The number of carbonyl (C=O) groups is 1. The molecule has 3 nitrogen and oxygen atoms in total. The number of amides is 1. The van der Waals surface area contributed by atoms with Gasteiger partial charge in [0.1, 0.15) is 17.7 Å². The molecule has 0 heterocycles. The van der Waals surface area contributed by atoms with E-state index in [4.69, 9.17) is 0 Å². The molecular formula is C15H21F2NO2S. The van der Waals surface area contributed by atoms with E-state index in [2.05, 4.69) is 12.2 Å². The predicted octanol–water partition coefficient (Wildman–Crippen LogP) is 3.04. The van der Waals surface area contributed by atoms with E-state index in [1.807, 2.05) is 0 Å². The van der Waals surface area contributed by atoms with Crippen LogP contribution in [-0.2, 0) is 4.79 Å². The van der Waals surface area contributed by atoms with Crippen LogP contribution in [0.3, 0.4) is 0 Å². The van der Waals surface area contributed by atoms with E-state index in [-0.39, 0.29) is 17.7 Å². The highest BCUT2D eigenvalue weighted by Gasteiger charge is 2.20. The standard InChI is InChI=1S/C15H21F2NO2S/c1-3-4-8-21-10(2)15(20)18-9-13(19)14-11(16)6-5-7-12(14)17/h5-7,10,13,19H,3-4,8-9H2,1-2H3,(H,18,20). The van der Waals surface area contributed by atoms with Crippen LogP contribution in [0.5, 0.6) is 0 Å². The summed E-state index contributed by atoms with van der Waals surface area (Å²) in [4.78, 5) is 11.8. The van der Waals surface area contributed by atoms with Gasteiger partial charge in [-0.1, -0.05) is 19.4 Å². The molecule has 1 aromatic carbocycles. The number of hydrogen-bond acceptors (Lipinski definition) is 3. The van der Waals surface area contributed by atoms with Crippen LogP contribution in [0.1, 0.15) is 38.4 Å². The first kappa shape index (κ1) is 17.9. The molecule has 0 bridgehead atoms. The summed E-state index contributed by atoms with van der Waals surface area (Å²) in [6.07, 6.45) is 0.695. The van der Waals surface area contributed by atoms with Crippen molar-refractivity contribution in [1.82, 2.24) is 5.32 Å². The Balaban J connectivity index is 2.49. The normalized spacial score (nSPS) is 13.8. The van der Waals surface area contributed by atoms with Gasteiger partial charge in [-0.05, 0) is 31.2 Å². The van der Waals surface area contributed by atoms with Crippen LogP contribution < -0.4 is 5.32 Å². The SMILES string of the molecule is CCCCSC(C)C(=O)NCC(O)c1c(F)cccc1F. The molecule has 2 unspecified atom stereocenters. The number of unbranched alkanes of at least 4 members (excludes halogenated alkanes) is 1. The van der Waals surface area contributed by atoms with Crippen LogP contribution in [-0.4, -0.2) is 28.6 Å². The lowest BCUT2D eigenvalue weighted by atomic mass is 10.1. The van der Waals surface area contributed by atoms with Crippen molar-refractivity contribution >= 4 is 17.7 Å². The van der Waals surface area contributed by atoms with Crippen molar-refractivity contribution in [2.75, 3.05) is 12.3 Å². The average Bonchev–Trinajstić information content (AvgIpc) is 2.44. The van der Waals surface area contributed by atoms with Gasteiger partial charge in [-0.3, -0.25) is 4.79 Å². The molecule has 0 aromatic heterocycles. The number of aliphatic hydroxyl groups is 1. The van der Waals surface area contributed by atoms with Crippen molar-refractivity contribution in [2.45, 2.75) is 38.0 Å². The van der Waals surface area contributed by atoms with Crippen LogP contribution in [0.4, 0.5) is 8.78 Å². The van der Waals surface area contributed by atoms with Gasteiger partial charge in [0.25, 0.3) is 0 Å². The van der Waals surface area contributed by atoms with Crippen LogP contribution in [0.25, 0.3) is 0 Å². The summed E-state index contributed by atoms with van der Waals surface area (Å²) in [7, 11) is 0. The van der Waals surface area contributed by atoms with Gasteiger partial charge >= 0.3 is 0 Å². The minimum absolute atomic E-state index is 0.213. The third-order valence-corrected chi connectivity index (χ3v) is 4.28. The molecule has 1 rings (SSSR count). The first-order chi connectivity index (χ1) is 9.97. The van der Waals surface area contributed by atoms with Crippen molar-refractivity contribution in [3.63, 3.8) is 0 Å². The van der Waals surface area contributed by atoms with Gasteiger partial charge in [-0.15, -0.1) is 11.8 Å². The fourth-order valence-corrected chi connectivity index (χ4v) is 2.80. The quantitative estimate of drug-likeness (QED) is 0.725. The summed E-state index contributed by atoms with van der Waals surface area (Å²) < 4.78 is 26.9. The molecule has 1 aromatic rings. The van der Waals surface area contributed by atoms with Crippen molar-refractivity contribution in [3.05, 3.63) is 35.4 Å². The maximum atomic E-state index is 13.5. The van der Waals surface area contributed by atoms with Crippen LogP contribution in [0.15, 0.2) is 18.2 Å². The van der Waals surface area contributed by atoms with Crippen LogP contribution >= 0.6 is 11.8 Å². The number of carbonyl (C=O) groups excluding carboxylic acids is 1. The smallest absolute Gasteiger partial charge is 0.232 e. The molecule has 0 aliphatic carbocycles. The molecule has 0 spiro atoms. The second-order valence-electron chi connectivity index (χ2n) is 4.76. The van der Waals surface area contributed by atoms with Crippen molar-refractivity contribution in [2.24, 2.45) is 0 Å². The fourth-order valence-electron chi connectivity index (χ4n) is 1.75. The highest BCUT2D eigenvalue weighted by Crippen LogP contribution is 2.20. The van der Waals surface area contributed by atoms with E-state index in [0.29, 0.717) is 0 Å². The number of benzene rings is 1. The molecule has 2 atom stereocenters. The Labute approximate surface area is 128 Å². The Kier molecular flexibility index (Phi) is 7.67. The molecule has 0 fully saturated rings. The van der Waals surface area contributed by atoms with Gasteiger partial charge in [-0.2, -0.15) is 0 Å². The number of aliphatic hydroxyl groups excluding tert-OH is 1. The molecule has 6 heteroatoms. The van der Waals surface area contributed by atoms with Crippen molar-refractivity contribution in [3.8, 4) is 0 Å². The van der Waals surface area contributed by atoms with Gasteiger partial charge in [0, 0.05) is 6.54 Å². The van der Waals surface area contributed by atoms with Gasteiger partial charge in [0.15, 0.2) is 0 Å².